The molecule has 0 aliphatic carbocycles. The molecule has 2 aromatic heterocycles. The van der Waals surface area contributed by atoms with Crippen LogP contribution in [0.2, 0.25) is 0 Å². The number of rotatable bonds is 3. The molecule has 2 heterocycles. The van der Waals surface area contributed by atoms with Crippen LogP contribution in [-0.4, -0.2) is 11.0 Å². The Morgan fingerprint density at radius 2 is 2.04 bits per heavy atom. The van der Waals surface area contributed by atoms with E-state index in [0.29, 0.717) is 11.3 Å². The number of benzene rings is 2. The van der Waals surface area contributed by atoms with Gasteiger partial charge in [-0.05, 0) is 31.2 Å². The molecule has 4 aromatic rings. The monoisotopic (exact) mass is 317 g/mol. The second-order valence-corrected chi connectivity index (χ2v) is 5.74. The van der Waals surface area contributed by atoms with Crippen molar-refractivity contribution in [3.05, 3.63) is 72.1 Å². The number of nitrogens with zero attached hydrogens (tertiary/aromatic N) is 1. The van der Waals surface area contributed by atoms with E-state index >= 15 is 0 Å². The summed E-state index contributed by atoms with van der Waals surface area (Å²) in [5.41, 5.74) is 3.40. The van der Waals surface area contributed by atoms with Crippen molar-refractivity contribution in [2.24, 2.45) is 0 Å². The minimum Gasteiger partial charge on any atom is -0.464 e. The smallest absolute Gasteiger partial charge is 0.315 e. The number of furan rings is 1. The molecule has 0 unspecified atom stereocenters. The molecular formula is C20H15NO3. The first-order valence-corrected chi connectivity index (χ1v) is 7.72. The van der Waals surface area contributed by atoms with E-state index in [1.54, 1.807) is 18.5 Å². The van der Waals surface area contributed by atoms with Crippen molar-refractivity contribution < 1.29 is 13.9 Å². The van der Waals surface area contributed by atoms with Crippen LogP contribution in [0.25, 0.3) is 21.9 Å². The third kappa shape index (κ3) is 2.63. The lowest BCUT2D eigenvalue weighted by molar-refractivity contribution is -0.133. The SMILES string of the molecule is Cc1ccc2occ(CC(=O)Oc3cccc4cccnc34)c2c1. The molecule has 0 saturated heterocycles. The van der Waals surface area contributed by atoms with Gasteiger partial charge < -0.3 is 9.15 Å². The van der Waals surface area contributed by atoms with Crippen molar-refractivity contribution in [2.45, 2.75) is 13.3 Å². The summed E-state index contributed by atoms with van der Waals surface area (Å²) in [4.78, 5) is 16.7. The van der Waals surface area contributed by atoms with Crippen LogP contribution in [0.5, 0.6) is 5.75 Å². The first-order chi connectivity index (χ1) is 11.7. The van der Waals surface area contributed by atoms with Gasteiger partial charge in [0.25, 0.3) is 0 Å². The molecule has 4 rings (SSSR count). The highest BCUT2D eigenvalue weighted by molar-refractivity contribution is 5.89. The van der Waals surface area contributed by atoms with Crippen molar-refractivity contribution in [3.8, 4) is 5.75 Å². The average molecular weight is 317 g/mol. The van der Waals surface area contributed by atoms with E-state index in [9.17, 15) is 4.79 Å². The Kier molecular flexibility index (Phi) is 3.50. The maximum Gasteiger partial charge on any atom is 0.315 e. The van der Waals surface area contributed by atoms with E-state index in [2.05, 4.69) is 4.98 Å². The molecular weight excluding hydrogens is 302 g/mol. The minimum absolute atomic E-state index is 0.152. The predicted molar refractivity (Wildman–Crippen MR) is 92.0 cm³/mol. The van der Waals surface area contributed by atoms with Gasteiger partial charge >= 0.3 is 5.97 Å². The van der Waals surface area contributed by atoms with Crippen LogP contribution in [0.1, 0.15) is 11.1 Å². The van der Waals surface area contributed by atoms with Crippen LogP contribution < -0.4 is 4.74 Å². The second kappa shape index (κ2) is 5.81. The summed E-state index contributed by atoms with van der Waals surface area (Å²) in [5.74, 6) is 0.138. The number of ether oxygens (including phenoxy) is 1. The van der Waals surface area contributed by atoms with Gasteiger partial charge in [0.1, 0.15) is 11.1 Å². The number of esters is 1. The number of fused-ring (bicyclic) bond motifs is 2. The zero-order valence-corrected chi connectivity index (χ0v) is 13.2. The van der Waals surface area contributed by atoms with Crippen LogP contribution >= 0.6 is 0 Å². The fourth-order valence-corrected chi connectivity index (χ4v) is 2.81. The number of aryl methyl sites for hydroxylation is 1. The van der Waals surface area contributed by atoms with Gasteiger partial charge in [0.05, 0.1) is 12.7 Å². The molecule has 2 aromatic carbocycles. The molecule has 4 nitrogen and oxygen atoms in total. The Hall–Kier alpha value is -3.14. The topological polar surface area (TPSA) is 52.3 Å². The van der Waals surface area contributed by atoms with Gasteiger partial charge in [-0.3, -0.25) is 9.78 Å². The summed E-state index contributed by atoms with van der Waals surface area (Å²) in [5, 5.41) is 1.88. The van der Waals surface area contributed by atoms with E-state index in [1.807, 2.05) is 49.4 Å². The van der Waals surface area contributed by atoms with Crippen molar-refractivity contribution in [2.75, 3.05) is 0 Å². The van der Waals surface area contributed by atoms with Crippen molar-refractivity contribution in [1.29, 1.82) is 0 Å². The average Bonchev–Trinajstić information content (AvgIpc) is 2.97. The maximum absolute atomic E-state index is 12.4. The van der Waals surface area contributed by atoms with Gasteiger partial charge in [-0.1, -0.05) is 29.8 Å². The summed E-state index contributed by atoms with van der Waals surface area (Å²) in [6.45, 7) is 2.01. The van der Waals surface area contributed by atoms with Gasteiger partial charge in [-0.25, -0.2) is 0 Å². The van der Waals surface area contributed by atoms with Gasteiger partial charge in [-0.15, -0.1) is 0 Å². The number of hydrogen-bond acceptors (Lipinski definition) is 4. The lowest BCUT2D eigenvalue weighted by atomic mass is 10.1. The molecule has 0 atom stereocenters. The highest BCUT2D eigenvalue weighted by Crippen LogP contribution is 2.25. The Balaban J connectivity index is 1.61. The Morgan fingerprint density at radius 1 is 1.17 bits per heavy atom. The molecule has 0 amide bonds. The Labute approximate surface area is 138 Å². The molecule has 0 radical (unpaired) electrons. The number of aromatic nitrogens is 1. The minimum atomic E-state index is -0.336. The van der Waals surface area contributed by atoms with Crippen molar-refractivity contribution in [1.82, 2.24) is 4.98 Å². The van der Waals surface area contributed by atoms with Gasteiger partial charge in [-0.2, -0.15) is 0 Å². The molecule has 0 aliphatic heterocycles. The van der Waals surface area contributed by atoms with Crippen LogP contribution in [0.4, 0.5) is 0 Å². The van der Waals surface area contributed by atoms with E-state index < -0.39 is 0 Å². The normalized spacial score (nSPS) is 11.0. The highest BCUT2D eigenvalue weighted by Gasteiger charge is 2.14. The lowest BCUT2D eigenvalue weighted by Gasteiger charge is -2.06. The summed E-state index contributed by atoms with van der Waals surface area (Å²) >= 11 is 0. The molecule has 0 fully saturated rings. The number of para-hydroxylation sites is 1. The standard InChI is InChI=1S/C20H15NO3/c1-13-7-8-17-16(10-13)15(12-23-17)11-19(22)24-18-6-2-4-14-5-3-9-21-20(14)18/h2-10,12H,11H2,1H3. The third-order valence-corrected chi connectivity index (χ3v) is 3.96. The largest absolute Gasteiger partial charge is 0.464 e. The van der Waals surface area contributed by atoms with E-state index in [0.717, 1.165) is 27.5 Å². The molecule has 0 N–H and O–H groups in total. The van der Waals surface area contributed by atoms with Gasteiger partial charge in [0.15, 0.2) is 5.75 Å². The second-order valence-electron chi connectivity index (χ2n) is 5.74. The highest BCUT2D eigenvalue weighted by atomic mass is 16.5. The molecule has 0 bridgehead atoms. The lowest BCUT2D eigenvalue weighted by Crippen LogP contribution is -2.11. The quantitative estimate of drug-likeness (QED) is 0.414. The van der Waals surface area contributed by atoms with Crippen LogP contribution in [-0.2, 0) is 11.2 Å². The fraction of sp³-hybridized carbons (Fsp3) is 0.100. The number of pyridine rings is 1. The Bertz CT molecular complexity index is 1040. The first-order valence-electron chi connectivity index (χ1n) is 7.72. The molecule has 0 saturated carbocycles. The van der Waals surface area contributed by atoms with E-state index in [1.165, 1.54) is 0 Å². The van der Waals surface area contributed by atoms with Crippen molar-refractivity contribution >= 4 is 27.8 Å². The molecule has 24 heavy (non-hydrogen) atoms. The summed E-state index contributed by atoms with van der Waals surface area (Å²) < 4.78 is 11.0. The molecule has 0 spiro atoms. The van der Waals surface area contributed by atoms with Crippen LogP contribution in [0, 0.1) is 6.92 Å². The molecule has 4 heteroatoms. The molecule has 0 aliphatic rings. The van der Waals surface area contributed by atoms with Crippen LogP contribution in [0.3, 0.4) is 0 Å². The Morgan fingerprint density at radius 3 is 2.96 bits per heavy atom. The third-order valence-electron chi connectivity index (χ3n) is 3.96. The number of carbonyl (C=O) groups excluding carboxylic acids is 1. The fourth-order valence-electron chi connectivity index (χ4n) is 2.81. The van der Waals surface area contributed by atoms with Crippen molar-refractivity contribution in [3.63, 3.8) is 0 Å². The maximum atomic E-state index is 12.4. The first kappa shape index (κ1) is 14.5. The van der Waals surface area contributed by atoms with Crippen LogP contribution in [0.15, 0.2) is 65.4 Å². The van der Waals surface area contributed by atoms with Gasteiger partial charge in [0.2, 0.25) is 0 Å². The van der Waals surface area contributed by atoms with E-state index in [4.69, 9.17) is 9.15 Å². The summed E-state index contributed by atoms with van der Waals surface area (Å²) in [6, 6.07) is 15.2. The molecule has 118 valence electrons. The zero-order chi connectivity index (χ0) is 16.5. The zero-order valence-electron chi connectivity index (χ0n) is 13.2. The summed E-state index contributed by atoms with van der Waals surface area (Å²) in [6.07, 6.45) is 3.46. The summed E-state index contributed by atoms with van der Waals surface area (Å²) in [7, 11) is 0. The number of carbonyl (C=O) groups is 1. The van der Waals surface area contributed by atoms with E-state index in [-0.39, 0.29) is 12.4 Å². The predicted octanol–water partition coefficient (Wildman–Crippen LogP) is 4.44. The number of hydrogen-bond donors (Lipinski definition) is 0. The van der Waals surface area contributed by atoms with Gasteiger partial charge in [0, 0.05) is 22.5 Å².